The third kappa shape index (κ3) is 2.72. The molecular formula is C13H18BrNO3. The SMILES string of the molecule is CNCCc1c(OC)c(Br)cc2c1OCCCO2. The molecule has 0 atom stereocenters. The first-order valence-electron chi connectivity index (χ1n) is 6.07. The molecule has 0 amide bonds. The van der Waals surface area contributed by atoms with Crippen molar-refractivity contribution in [1.82, 2.24) is 5.32 Å². The molecule has 1 aromatic carbocycles. The van der Waals surface area contributed by atoms with Crippen molar-refractivity contribution in [2.24, 2.45) is 0 Å². The molecule has 1 N–H and O–H groups in total. The summed E-state index contributed by atoms with van der Waals surface area (Å²) in [6.07, 6.45) is 1.74. The molecule has 5 heteroatoms. The Morgan fingerprint density at radius 3 is 2.89 bits per heavy atom. The van der Waals surface area contributed by atoms with Gasteiger partial charge in [0, 0.05) is 18.1 Å². The lowest BCUT2D eigenvalue weighted by Gasteiger charge is -2.17. The van der Waals surface area contributed by atoms with Crippen LogP contribution in [0.25, 0.3) is 0 Å². The van der Waals surface area contributed by atoms with Gasteiger partial charge in [-0.05, 0) is 35.9 Å². The van der Waals surface area contributed by atoms with Crippen LogP contribution in [0.3, 0.4) is 0 Å². The van der Waals surface area contributed by atoms with Crippen LogP contribution < -0.4 is 19.5 Å². The molecule has 0 spiro atoms. The fourth-order valence-corrected chi connectivity index (χ4v) is 2.63. The molecule has 2 rings (SSSR count). The number of benzene rings is 1. The second-order valence-corrected chi connectivity index (χ2v) is 4.96. The minimum absolute atomic E-state index is 0.685. The smallest absolute Gasteiger partial charge is 0.168 e. The monoisotopic (exact) mass is 315 g/mol. The quantitative estimate of drug-likeness (QED) is 0.926. The van der Waals surface area contributed by atoms with Gasteiger partial charge in [-0.25, -0.2) is 0 Å². The Balaban J connectivity index is 2.46. The van der Waals surface area contributed by atoms with Gasteiger partial charge in [0.05, 0.1) is 24.8 Å². The van der Waals surface area contributed by atoms with E-state index >= 15 is 0 Å². The number of nitrogens with one attached hydrogen (secondary N) is 1. The van der Waals surface area contributed by atoms with Crippen LogP contribution in [0.15, 0.2) is 10.5 Å². The molecule has 0 radical (unpaired) electrons. The second kappa shape index (κ2) is 6.29. The fraction of sp³-hybridized carbons (Fsp3) is 0.538. The van der Waals surface area contributed by atoms with Gasteiger partial charge in [0.1, 0.15) is 5.75 Å². The van der Waals surface area contributed by atoms with Gasteiger partial charge >= 0.3 is 0 Å². The fourth-order valence-electron chi connectivity index (χ4n) is 2.02. The minimum Gasteiger partial charge on any atom is -0.495 e. The second-order valence-electron chi connectivity index (χ2n) is 4.10. The Labute approximate surface area is 116 Å². The lowest BCUT2D eigenvalue weighted by molar-refractivity contribution is 0.295. The minimum atomic E-state index is 0.685. The summed E-state index contributed by atoms with van der Waals surface area (Å²) in [5.74, 6) is 2.45. The number of methoxy groups -OCH3 is 1. The molecule has 0 fully saturated rings. The van der Waals surface area contributed by atoms with E-state index in [0.717, 1.165) is 46.7 Å². The Morgan fingerprint density at radius 1 is 1.39 bits per heavy atom. The Bertz CT molecular complexity index is 423. The highest BCUT2D eigenvalue weighted by Gasteiger charge is 2.21. The van der Waals surface area contributed by atoms with Gasteiger partial charge in [-0.2, -0.15) is 0 Å². The van der Waals surface area contributed by atoms with E-state index in [9.17, 15) is 0 Å². The van der Waals surface area contributed by atoms with Crippen molar-refractivity contribution >= 4 is 15.9 Å². The van der Waals surface area contributed by atoms with Crippen LogP contribution in [0.1, 0.15) is 12.0 Å². The summed E-state index contributed by atoms with van der Waals surface area (Å²) in [6, 6.07) is 1.92. The van der Waals surface area contributed by atoms with E-state index in [1.54, 1.807) is 7.11 Å². The molecule has 4 nitrogen and oxygen atoms in total. The maximum Gasteiger partial charge on any atom is 0.168 e. The Kier molecular flexibility index (Phi) is 4.72. The molecule has 0 aromatic heterocycles. The Hall–Kier alpha value is -0.940. The lowest BCUT2D eigenvalue weighted by Crippen LogP contribution is -2.12. The van der Waals surface area contributed by atoms with E-state index in [1.165, 1.54) is 0 Å². The van der Waals surface area contributed by atoms with Crippen LogP contribution >= 0.6 is 15.9 Å². The van der Waals surface area contributed by atoms with Crippen LogP contribution in [0.5, 0.6) is 17.2 Å². The van der Waals surface area contributed by atoms with E-state index in [4.69, 9.17) is 14.2 Å². The third-order valence-electron chi connectivity index (χ3n) is 2.87. The molecule has 0 bridgehead atoms. The van der Waals surface area contributed by atoms with Gasteiger partial charge in [-0.15, -0.1) is 0 Å². The zero-order valence-electron chi connectivity index (χ0n) is 10.7. The van der Waals surface area contributed by atoms with Crippen molar-refractivity contribution in [2.75, 3.05) is 33.9 Å². The van der Waals surface area contributed by atoms with Gasteiger partial charge in [0.15, 0.2) is 11.5 Å². The Morgan fingerprint density at radius 2 is 2.17 bits per heavy atom. The average Bonchev–Trinajstić information content (AvgIpc) is 2.60. The summed E-state index contributed by atoms with van der Waals surface area (Å²) in [6.45, 7) is 2.24. The molecule has 1 aromatic rings. The summed E-state index contributed by atoms with van der Waals surface area (Å²) in [4.78, 5) is 0. The predicted molar refractivity (Wildman–Crippen MR) is 73.9 cm³/mol. The first-order chi connectivity index (χ1) is 8.77. The van der Waals surface area contributed by atoms with Crippen LogP contribution in [-0.2, 0) is 6.42 Å². The number of hydrogen-bond acceptors (Lipinski definition) is 4. The van der Waals surface area contributed by atoms with E-state index < -0.39 is 0 Å². The average molecular weight is 316 g/mol. The standard InChI is InChI=1S/C13H18BrNO3/c1-15-5-4-9-12(16-2)10(14)8-11-13(9)18-7-3-6-17-11/h8,15H,3-7H2,1-2H3. The van der Waals surface area contributed by atoms with Gasteiger partial charge in [0.2, 0.25) is 0 Å². The zero-order chi connectivity index (χ0) is 13.0. The number of rotatable bonds is 4. The van der Waals surface area contributed by atoms with Crippen molar-refractivity contribution in [3.63, 3.8) is 0 Å². The summed E-state index contributed by atoms with van der Waals surface area (Å²) < 4.78 is 17.9. The van der Waals surface area contributed by atoms with Crippen LogP contribution in [0, 0.1) is 0 Å². The summed E-state index contributed by atoms with van der Waals surface area (Å²) in [5.41, 5.74) is 1.05. The molecule has 1 aliphatic heterocycles. The summed E-state index contributed by atoms with van der Waals surface area (Å²) >= 11 is 3.52. The number of hydrogen-bond donors (Lipinski definition) is 1. The van der Waals surface area contributed by atoms with Crippen molar-refractivity contribution in [2.45, 2.75) is 12.8 Å². The van der Waals surface area contributed by atoms with E-state index in [0.29, 0.717) is 13.2 Å². The summed E-state index contributed by atoms with van der Waals surface area (Å²) in [7, 11) is 3.60. The molecule has 0 unspecified atom stereocenters. The van der Waals surface area contributed by atoms with Crippen molar-refractivity contribution < 1.29 is 14.2 Å². The third-order valence-corrected chi connectivity index (χ3v) is 3.46. The van der Waals surface area contributed by atoms with Crippen LogP contribution in [0.2, 0.25) is 0 Å². The van der Waals surface area contributed by atoms with Crippen LogP contribution in [0.4, 0.5) is 0 Å². The molecule has 0 aliphatic carbocycles. The molecule has 100 valence electrons. The van der Waals surface area contributed by atoms with Crippen molar-refractivity contribution in [3.05, 3.63) is 16.1 Å². The predicted octanol–water partition coefficient (Wildman–Crippen LogP) is 2.38. The number of halogens is 1. The molecular weight excluding hydrogens is 298 g/mol. The van der Waals surface area contributed by atoms with E-state index in [2.05, 4.69) is 21.2 Å². The van der Waals surface area contributed by atoms with E-state index in [-0.39, 0.29) is 0 Å². The highest BCUT2D eigenvalue weighted by atomic mass is 79.9. The largest absolute Gasteiger partial charge is 0.495 e. The maximum atomic E-state index is 5.82. The van der Waals surface area contributed by atoms with Gasteiger partial charge in [-0.1, -0.05) is 0 Å². The first-order valence-corrected chi connectivity index (χ1v) is 6.86. The van der Waals surface area contributed by atoms with E-state index in [1.807, 2.05) is 13.1 Å². The van der Waals surface area contributed by atoms with Gasteiger partial charge in [-0.3, -0.25) is 0 Å². The molecule has 0 saturated heterocycles. The highest BCUT2D eigenvalue weighted by Crippen LogP contribution is 2.44. The molecule has 0 saturated carbocycles. The first kappa shape index (κ1) is 13.5. The maximum absolute atomic E-state index is 5.82. The van der Waals surface area contributed by atoms with Crippen molar-refractivity contribution in [3.8, 4) is 17.2 Å². The normalized spacial score (nSPS) is 14.2. The molecule has 1 heterocycles. The van der Waals surface area contributed by atoms with Gasteiger partial charge < -0.3 is 19.5 Å². The number of fused-ring (bicyclic) bond motifs is 1. The zero-order valence-corrected chi connectivity index (χ0v) is 12.3. The summed E-state index contributed by atoms with van der Waals surface area (Å²) in [5, 5.41) is 3.14. The van der Waals surface area contributed by atoms with Crippen LogP contribution in [-0.4, -0.2) is 33.9 Å². The number of likely N-dealkylation sites (N-methyl/N-ethyl adjacent to an activating group) is 1. The highest BCUT2D eigenvalue weighted by molar-refractivity contribution is 9.10. The topological polar surface area (TPSA) is 39.7 Å². The number of ether oxygens (including phenoxy) is 3. The molecule has 18 heavy (non-hydrogen) atoms. The lowest BCUT2D eigenvalue weighted by atomic mass is 10.1. The van der Waals surface area contributed by atoms with Gasteiger partial charge in [0.25, 0.3) is 0 Å². The van der Waals surface area contributed by atoms with Crippen molar-refractivity contribution in [1.29, 1.82) is 0 Å². The molecule has 1 aliphatic rings.